The fourth-order valence-corrected chi connectivity index (χ4v) is 3.96. The van der Waals surface area contributed by atoms with Gasteiger partial charge in [0.2, 0.25) is 0 Å². The van der Waals surface area contributed by atoms with Crippen molar-refractivity contribution in [1.82, 2.24) is 4.90 Å². The smallest absolute Gasteiger partial charge is 0.145 e. The Morgan fingerprint density at radius 3 is 2.49 bits per heavy atom. The van der Waals surface area contributed by atoms with Crippen LogP contribution in [0, 0.1) is 17.5 Å². The number of rotatable bonds is 11. The quantitative estimate of drug-likeness (QED) is 0.430. The molecule has 1 N–H and O–H groups in total. The first-order valence-electron chi connectivity index (χ1n) is 11.4. The van der Waals surface area contributed by atoms with Crippen molar-refractivity contribution in [3.8, 4) is 0 Å². The molecule has 0 spiro atoms. The molecule has 5 nitrogen and oxygen atoms in total. The molecule has 3 aromatic rings. The maximum Gasteiger partial charge on any atom is 0.145 e. The van der Waals surface area contributed by atoms with E-state index in [0.717, 1.165) is 17.2 Å². The van der Waals surface area contributed by atoms with E-state index in [-0.39, 0.29) is 31.6 Å². The third-order valence-corrected chi connectivity index (χ3v) is 5.67. The van der Waals surface area contributed by atoms with Gasteiger partial charge in [-0.2, -0.15) is 0 Å². The number of aliphatic hydroxyl groups is 1. The van der Waals surface area contributed by atoms with E-state index in [2.05, 4.69) is 5.16 Å². The highest BCUT2D eigenvalue weighted by Gasteiger charge is 2.26. The Hall–Kier alpha value is -3.20. The zero-order valence-electron chi connectivity index (χ0n) is 19.1. The predicted octanol–water partition coefficient (Wildman–Crippen LogP) is 4.68. The number of aliphatic hydroxyl groups excluding tert-OH is 1. The predicted molar refractivity (Wildman–Crippen MR) is 126 cm³/mol. The SMILES string of the molecule is OC(COCc1ccccc1)CN(Cc1ccc(F)cc1F)CC1CC(c2ccc(F)cc2)=NO1. The van der Waals surface area contributed by atoms with Gasteiger partial charge in [0, 0.05) is 37.7 Å². The minimum Gasteiger partial charge on any atom is -0.390 e. The molecule has 184 valence electrons. The molecule has 8 heteroatoms. The Morgan fingerprint density at radius 2 is 1.74 bits per heavy atom. The van der Waals surface area contributed by atoms with Crippen molar-refractivity contribution >= 4 is 5.71 Å². The van der Waals surface area contributed by atoms with E-state index in [0.29, 0.717) is 30.8 Å². The third kappa shape index (κ3) is 7.39. The first kappa shape index (κ1) is 24.9. The van der Waals surface area contributed by atoms with E-state index in [9.17, 15) is 18.3 Å². The summed E-state index contributed by atoms with van der Waals surface area (Å²) in [5.41, 5.74) is 2.75. The van der Waals surface area contributed by atoms with Crippen LogP contribution < -0.4 is 0 Å². The average molecular weight is 485 g/mol. The van der Waals surface area contributed by atoms with E-state index in [1.807, 2.05) is 35.2 Å². The van der Waals surface area contributed by atoms with Crippen LogP contribution in [-0.2, 0) is 22.7 Å². The second kappa shape index (κ2) is 12.0. The van der Waals surface area contributed by atoms with Crippen molar-refractivity contribution in [2.45, 2.75) is 31.8 Å². The van der Waals surface area contributed by atoms with Gasteiger partial charge < -0.3 is 14.7 Å². The number of benzene rings is 3. The summed E-state index contributed by atoms with van der Waals surface area (Å²) in [6, 6.07) is 19.1. The first-order chi connectivity index (χ1) is 17.0. The molecule has 2 atom stereocenters. The standard InChI is InChI=1S/C27H27F3N2O3/c28-22-9-6-20(7-10-22)27-13-25(35-31-27)16-32(14-21-8-11-23(29)12-26(21)30)15-24(33)18-34-17-19-4-2-1-3-5-19/h1-12,24-25,33H,13-18H2. The average Bonchev–Trinajstić information content (AvgIpc) is 3.30. The Balaban J connectivity index is 1.36. The third-order valence-electron chi connectivity index (χ3n) is 5.67. The van der Waals surface area contributed by atoms with Crippen molar-refractivity contribution in [3.63, 3.8) is 0 Å². The summed E-state index contributed by atoms with van der Waals surface area (Å²) < 4.78 is 46.6. The highest BCUT2D eigenvalue weighted by Crippen LogP contribution is 2.20. The van der Waals surface area contributed by atoms with Gasteiger partial charge in [0.15, 0.2) is 0 Å². The van der Waals surface area contributed by atoms with Crippen molar-refractivity contribution in [1.29, 1.82) is 0 Å². The van der Waals surface area contributed by atoms with Gasteiger partial charge in [-0.05, 0) is 29.3 Å². The number of hydrogen-bond acceptors (Lipinski definition) is 5. The Kier molecular flexibility index (Phi) is 8.52. The summed E-state index contributed by atoms with van der Waals surface area (Å²) in [7, 11) is 0. The van der Waals surface area contributed by atoms with Gasteiger partial charge in [-0.25, -0.2) is 13.2 Å². The maximum atomic E-state index is 14.3. The topological polar surface area (TPSA) is 54.3 Å². The van der Waals surface area contributed by atoms with Gasteiger partial charge >= 0.3 is 0 Å². The minimum atomic E-state index is -0.832. The maximum absolute atomic E-state index is 14.3. The normalized spacial score (nSPS) is 16.3. The van der Waals surface area contributed by atoms with Crippen LogP contribution >= 0.6 is 0 Å². The van der Waals surface area contributed by atoms with E-state index < -0.39 is 17.7 Å². The molecule has 0 aromatic heterocycles. The lowest BCUT2D eigenvalue weighted by Crippen LogP contribution is -2.39. The largest absolute Gasteiger partial charge is 0.390 e. The zero-order valence-corrected chi connectivity index (χ0v) is 19.1. The fraction of sp³-hybridized carbons (Fsp3) is 0.296. The zero-order chi connectivity index (χ0) is 24.6. The van der Waals surface area contributed by atoms with Gasteiger partial charge in [0.05, 0.1) is 25.0 Å². The Morgan fingerprint density at radius 1 is 1.00 bits per heavy atom. The Labute approximate surface area is 202 Å². The van der Waals surface area contributed by atoms with Crippen molar-refractivity contribution < 1.29 is 27.9 Å². The second-order valence-electron chi connectivity index (χ2n) is 8.56. The molecule has 1 aliphatic heterocycles. The van der Waals surface area contributed by atoms with Crippen molar-refractivity contribution in [3.05, 3.63) is 107 Å². The van der Waals surface area contributed by atoms with Crippen LogP contribution in [0.4, 0.5) is 13.2 Å². The molecule has 0 saturated carbocycles. The lowest BCUT2D eigenvalue weighted by Gasteiger charge is -2.27. The van der Waals surface area contributed by atoms with Crippen LogP contribution in [0.25, 0.3) is 0 Å². The molecule has 0 bridgehead atoms. The van der Waals surface area contributed by atoms with Gasteiger partial charge in [0.25, 0.3) is 0 Å². The van der Waals surface area contributed by atoms with Crippen LogP contribution in [0.1, 0.15) is 23.1 Å². The highest BCUT2D eigenvalue weighted by molar-refractivity contribution is 6.01. The van der Waals surface area contributed by atoms with E-state index in [1.165, 1.54) is 24.3 Å². The second-order valence-corrected chi connectivity index (χ2v) is 8.56. The molecule has 4 rings (SSSR count). The van der Waals surface area contributed by atoms with E-state index in [4.69, 9.17) is 9.57 Å². The number of nitrogens with zero attached hydrogens (tertiary/aromatic N) is 2. The molecule has 1 aliphatic rings. The number of halogens is 3. The Bertz CT molecular complexity index is 1130. The summed E-state index contributed by atoms with van der Waals surface area (Å²) in [6.45, 7) is 1.15. The summed E-state index contributed by atoms with van der Waals surface area (Å²) in [5.74, 6) is -1.63. The molecule has 3 aromatic carbocycles. The van der Waals surface area contributed by atoms with Gasteiger partial charge in [0.1, 0.15) is 23.6 Å². The van der Waals surface area contributed by atoms with Crippen LogP contribution in [0.3, 0.4) is 0 Å². The van der Waals surface area contributed by atoms with Crippen molar-refractivity contribution in [2.75, 3.05) is 19.7 Å². The molecular formula is C27H27F3N2O3. The summed E-state index contributed by atoms with van der Waals surface area (Å²) in [6.07, 6.45) is -0.689. The number of hydrogen-bond donors (Lipinski definition) is 1. The molecule has 0 amide bonds. The van der Waals surface area contributed by atoms with Gasteiger partial charge in [-0.3, -0.25) is 4.90 Å². The number of ether oxygens (including phenoxy) is 1. The molecule has 35 heavy (non-hydrogen) atoms. The molecule has 0 radical (unpaired) electrons. The lowest BCUT2D eigenvalue weighted by molar-refractivity contribution is -0.00671. The van der Waals surface area contributed by atoms with Gasteiger partial charge in [-0.1, -0.05) is 53.7 Å². The minimum absolute atomic E-state index is 0.0974. The molecule has 1 heterocycles. The van der Waals surface area contributed by atoms with Crippen LogP contribution in [0.5, 0.6) is 0 Å². The van der Waals surface area contributed by atoms with Crippen molar-refractivity contribution in [2.24, 2.45) is 5.16 Å². The molecule has 0 fully saturated rings. The van der Waals surface area contributed by atoms with Crippen LogP contribution in [-0.4, -0.2) is 47.6 Å². The van der Waals surface area contributed by atoms with Crippen LogP contribution in [0.2, 0.25) is 0 Å². The molecular weight excluding hydrogens is 457 g/mol. The lowest BCUT2D eigenvalue weighted by atomic mass is 10.0. The number of oxime groups is 1. The van der Waals surface area contributed by atoms with Crippen LogP contribution in [0.15, 0.2) is 78.0 Å². The monoisotopic (exact) mass is 484 g/mol. The summed E-state index contributed by atoms with van der Waals surface area (Å²) in [5, 5.41) is 14.7. The molecule has 0 aliphatic carbocycles. The van der Waals surface area contributed by atoms with Gasteiger partial charge in [-0.15, -0.1) is 0 Å². The summed E-state index contributed by atoms with van der Waals surface area (Å²) in [4.78, 5) is 7.41. The first-order valence-corrected chi connectivity index (χ1v) is 11.4. The molecule has 0 saturated heterocycles. The summed E-state index contributed by atoms with van der Waals surface area (Å²) >= 11 is 0. The molecule has 2 unspecified atom stereocenters. The highest BCUT2D eigenvalue weighted by atomic mass is 19.1. The fourth-order valence-electron chi connectivity index (χ4n) is 3.96. The van der Waals surface area contributed by atoms with E-state index >= 15 is 0 Å². The van der Waals surface area contributed by atoms with E-state index in [1.54, 1.807) is 12.1 Å².